The number of aromatic nitrogens is 3. The largest absolute Gasteiger partial charge is 0.361 e. The Labute approximate surface area is 86.7 Å². The van der Waals surface area contributed by atoms with Gasteiger partial charge >= 0.3 is 0 Å². The van der Waals surface area contributed by atoms with E-state index >= 15 is 0 Å². The van der Waals surface area contributed by atoms with Crippen LogP contribution in [-0.2, 0) is 0 Å². The molecule has 15 heavy (non-hydrogen) atoms. The summed E-state index contributed by atoms with van der Waals surface area (Å²) in [4.78, 5) is 12.0. The molecule has 2 aromatic rings. The SMILES string of the molecule is Cc1cnn(C(=O)c2c(C)noc2C)c1. The van der Waals surface area contributed by atoms with E-state index in [2.05, 4.69) is 10.3 Å². The van der Waals surface area contributed by atoms with E-state index in [4.69, 9.17) is 4.52 Å². The van der Waals surface area contributed by atoms with Crippen LogP contribution < -0.4 is 0 Å². The van der Waals surface area contributed by atoms with Crippen LogP contribution in [0.3, 0.4) is 0 Å². The molecule has 0 aliphatic carbocycles. The Morgan fingerprint density at radius 1 is 1.40 bits per heavy atom. The molecule has 0 radical (unpaired) electrons. The van der Waals surface area contributed by atoms with Gasteiger partial charge in [-0.3, -0.25) is 4.79 Å². The molecule has 0 N–H and O–H groups in total. The molecule has 0 unspecified atom stereocenters. The summed E-state index contributed by atoms with van der Waals surface area (Å²) in [6.07, 6.45) is 3.31. The average molecular weight is 205 g/mol. The van der Waals surface area contributed by atoms with Crippen LogP contribution in [0.4, 0.5) is 0 Å². The van der Waals surface area contributed by atoms with Crippen LogP contribution in [0, 0.1) is 20.8 Å². The number of carbonyl (C=O) groups excluding carboxylic acids is 1. The minimum atomic E-state index is -0.209. The third-order valence-corrected chi connectivity index (χ3v) is 2.17. The third kappa shape index (κ3) is 1.56. The summed E-state index contributed by atoms with van der Waals surface area (Å²) < 4.78 is 6.23. The quantitative estimate of drug-likeness (QED) is 0.707. The Morgan fingerprint density at radius 3 is 2.60 bits per heavy atom. The van der Waals surface area contributed by atoms with Crippen LogP contribution in [0.25, 0.3) is 0 Å². The lowest BCUT2D eigenvalue weighted by Gasteiger charge is -1.98. The molecule has 0 atom stereocenters. The fraction of sp³-hybridized carbons (Fsp3) is 0.300. The minimum Gasteiger partial charge on any atom is -0.361 e. The Bertz CT molecular complexity index is 491. The number of rotatable bonds is 1. The molecule has 2 aromatic heterocycles. The molecule has 0 aromatic carbocycles. The van der Waals surface area contributed by atoms with E-state index in [0.717, 1.165) is 5.56 Å². The Balaban J connectivity index is 2.45. The molecule has 0 bridgehead atoms. The maximum absolute atomic E-state index is 12.0. The number of carbonyl (C=O) groups is 1. The zero-order valence-electron chi connectivity index (χ0n) is 8.81. The van der Waals surface area contributed by atoms with E-state index in [1.54, 1.807) is 26.2 Å². The second-order valence-electron chi connectivity index (χ2n) is 3.47. The van der Waals surface area contributed by atoms with Gasteiger partial charge in [0.15, 0.2) is 0 Å². The predicted molar refractivity (Wildman–Crippen MR) is 52.7 cm³/mol. The molecular weight excluding hydrogens is 194 g/mol. The molecule has 0 amide bonds. The van der Waals surface area contributed by atoms with Crippen LogP contribution in [0.1, 0.15) is 27.4 Å². The molecule has 2 heterocycles. The van der Waals surface area contributed by atoms with E-state index in [-0.39, 0.29) is 5.91 Å². The molecule has 0 fully saturated rings. The molecule has 0 saturated carbocycles. The van der Waals surface area contributed by atoms with Crippen molar-refractivity contribution in [1.29, 1.82) is 0 Å². The fourth-order valence-corrected chi connectivity index (χ4v) is 1.43. The highest BCUT2D eigenvalue weighted by Gasteiger charge is 2.19. The smallest absolute Gasteiger partial charge is 0.283 e. The fourth-order valence-electron chi connectivity index (χ4n) is 1.43. The van der Waals surface area contributed by atoms with Crippen LogP contribution in [0.15, 0.2) is 16.9 Å². The topological polar surface area (TPSA) is 60.9 Å². The Kier molecular flexibility index (Phi) is 2.15. The third-order valence-electron chi connectivity index (χ3n) is 2.17. The van der Waals surface area contributed by atoms with Crippen molar-refractivity contribution in [3.8, 4) is 0 Å². The molecular formula is C10H11N3O2. The zero-order valence-corrected chi connectivity index (χ0v) is 8.81. The van der Waals surface area contributed by atoms with Crippen molar-refractivity contribution < 1.29 is 9.32 Å². The predicted octanol–water partition coefficient (Wildman–Crippen LogP) is 1.48. The highest BCUT2D eigenvalue weighted by molar-refractivity contribution is 5.97. The maximum Gasteiger partial charge on any atom is 0.283 e. The lowest BCUT2D eigenvalue weighted by molar-refractivity contribution is 0.0943. The van der Waals surface area contributed by atoms with Crippen molar-refractivity contribution >= 4 is 5.91 Å². The van der Waals surface area contributed by atoms with Crippen molar-refractivity contribution in [2.24, 2.45) is 0 Å². The second-order valence-corrected chi connectivity index (χ2v) is 3.47. The number of hydrogen-bond acceptors (Lipinski definition) is 4. The average Bonchev–Trinajstić information content (AvgIpc) is 2.73. The summed E-state index contributed by atoms with van der Waals surface area (Å²) in [7, 11) is 0. The van der Waals surface area contributed by atoms with E-state index in [1.165, 1.54) is 4.68 Å². The highest BCUT2D eigenvalue weighted by Crippen LogP contribution is 2.13. The van der Waals surface area contributed by atoms with Gasteiger partial charge in [-0.2, -0.15) is 5.10 Å². The minimum absolute atomic E-state index is 0.209. The lowest BCUT2D eigenvalue weighted by Crippen LogP contribution is -2.13. The molecule has 0 spiro atoms. The van der Waals surface area contributed by atoms with Gasteiger partial charge in [0.25, 0.3) is 5.91 Å². The van der Waals surface area contributed by atoms with Gasteiger partial charge in [0.2, 0.25) is 0 Å². The van der Waals surface area contributed by atoms with Crippen molar-refractivity contribution in [2.45, 2.75) is 20.8 Å². The zero-order chi connectivity index (χ0) is 11.0. The molecule has 2 rings (SSSR count). The monoisotopic (exact) mass is 205 g/mol. The Hall–Kier alpha value is -1.91. The highest BCUT2D eigenvalue weighted by atomic mass is 16.5. The van der Waals surface area contributed by atoms with Gasteiger partial charge in [0.1, 0.15) is 11.3 Å². The van der Waals surface area contributed by atoms with Crippen molar-refractivity contribution in [2.75, 3.05) is 0 Å². The normalized spacial score (nSPS) is 10.6. The van der Waals surface area contributed by atoms with E-state index in [9.17, 15) is 4.79 Å². The lowest BCUT2D eigenvalue weighted by atomic mass is 10.2. The van der Waals surface area contributed by atoms with Crippen molar-refractivity contribution in [3.63, 3.8) is 0 Å². The van der Waals surface area contributed by atoms with Gasteiger partial charge in [0, 0.05) is 6.20 Å². The number of nitrogens with zero attached hydrogens (tertiary/aromatic N) is 3. The summed E-state index contributed by atoms with van der Waals surface area (Å²) in [6.45, 7) is 5.33. The maximum atomic E-state index is 12.0. The van der Waals surface area contributed by atoms with Crippen molar-refractivity contribution in [1.82, 2.24) is 14.9 Å². The van der Waals surface area contributed by atoms with E-state index in [0.29, 0.717) is 17.0 Å². The molecule has 5 nitrogen and oxygen atoms in total. The molecule has 0 aliphatic heterocycles. The summed E-state index contributed by atoms with van der Waals surface area (Å²) in [5.41, 5.74) is 2.01. The first-order valence-corrected chi connectivity index (χ1v) is 4.58. The first-order chi connectivity index (χ1) is 7.09. The van der Waals surface area contributed by atoms with E-state index in [1.807, 2.05) is 6.92 Å². The van der Waals surface area contributed by atoms with Gasteiger partial charge < -0.3 is 4.52 Å². The first-order valence-electron chi connectivity index (χ1n) is 4.58. The van der Waals surface area contributed by atoms with E-state index < -0.39 is 0 Å². The first kappa shape index (κ1) is 9.64. The standard InChI is InChI=1S/C10H11N3O2/c1-6-4-11-13(5-6)10(14)9-7(2)12-15-8(9)3/h4-5H,1-3H3. The van der Waals surface area contributed by atoms with Crippen LogP contribution in [0.5, 0.6) is 0 Å². The van der Waals surface area contributed by atoms with Gasteiger partial charge in [-0.15, -0.1) is 0 Å². The summed E-state index contributed by atoms with van der Waals surface area (Å²) in [5, 5.41) is 7.68. The van der Waals surface area contributed by atoms with Crippen molar-refractivity contribution in [3.05, 3.63) is 35.0 Å². The summed E-state index contributed by atoms with van der Waals surface area (Å²) in [5.74, 6) is 0.310. The second kappa shape index (κ2) is 3.34. The molecule has 5 heteroatoms. The van der Waals surface area contributed by atoms with Gasteiger partial charge in [-0.1, -0.05) is 5.16 Å². The number of hydrogen-bond donors (Lipinski definition) is 0. The van der Waals surface area contributed by atoms with Gasteiger partial charge in [0.05, 0.1) is 11.9 Å². The van der Waals surface area contributed by atoms with Crippen LogP contribution >= 0.6 is 0 Å². The van der Waals surface area contributed by atoms with Crippen LogP contribution in [0.2, 0.25) is 0 Å². The molecule has 78 valence electrons. The molecule has 0 aliphatic rings. The van der Waals surface area contributed by atoms with Crippen LogP contribution in [-0.4, -0.2) is 20.8 Å². The van der Waals surface area contributed by atoms with Gasteiger partial charge in [-0.25, -0.2) is 4.68 Å². The van der Waals surface area contributed by atoms with Gasteiger partial charge in [-0.05, 0) is 26.3 Å². The summed E-state index contributed by atoms with van der Waals surface area (Å²) >= 11 is 0. The number of aryl methyl sites for hydroxylation is 3. The molecule has 0 saturated heterocycles. The Morgan fingerprint density at radius 2 is 2.13 bits per heavy atom. The summed E-state index contributed by atoms with van der Waals surface area (Å²) in [6, 6.07) is 0.